The van der Waals surface area contributed by atoms with Gasteiger partial charge in [-0.2, -0.15) is 11.3 Å². The zero-order valence-electron chi connectivity index (χ0n) is 73.7. The lowest BCUT2D eigenvalue weighted by Gasteiger charge is -2.00. The molecule has 0 saturated carbocycles. The molecule has 0 atom stereocenters. The van der Waals surface area contributed by atoms with Crippen LogP contribution < -0.4 is 0 Å². The van der Waals surface area contributed by atoms with Crippen molar-refractivity contribution >= 4 is 68.0 Å². The molecule has 12 heterocycles. The molecule has 12 aromatic heterocycles. The summed E-state index contributed by atoms with van der Waals surface area (Å²) < 4.78 is 31.2. The van der Waals surface area contributed by atoms with Gasteiger partial charge in [0.2, 0.25) is 0 Å². The lowest BCUT2D eigenvalue weighted by atomic mass is 10.1. The molecule has 0 aliphatic carbocycles. The van der Waals surface area contributed by atoms with Gasteiger partial charge >= 0.3 is 0 Å². The summed E-state index contributed by atoms with van der Waals surface area (Å²) in [4.78, 5) is 12.4. The predicted octanol–water partition coefficient (Wildman–Crippen LogP) is 35.3. The predicted molar refractivity (Wildman–Crippen MR) is 520 cm³/mol. The minimum Gasteiger partial charge on any atom is -0.472 e. The average Bonchev–Trinajstić information content (AvgIpc) is 1.75. The molecule has 6 nitrogen and oxygen atoms in total. The maximum absolute atomic E-state index is 5.55. The molecule has 0 aliphatic rings. The molecule has 18 rings (SSSR count). The van der Waals surface area contributed by atoms with Crippen molar-refractivity contribution < 1.29 is 26.5 Å². The molecule has 12 heteroatoms. The van der Waals surface area contributed by atoms with Crippen molar-refractivity contribution in [3.05, 3.63) is 421 Å². The highest BCUT2D eigenvalue weighted by atomic mass is 32.1. The molecule has 0 unspecified atom stereocenters. The number of furan rings is 6. The molecular weight excluding hydrogens is 1570 g/mol. The third-order valence-electron chi connectivity index (χ3n) is 18.0. The van der Waals surface area contributed by atoms with Crippen molar-refractivity contribution in [1.82, 2.24) is 0 Å². The van der Waals surface area contributed by atoms with Crippen molar-refractivity contribution in [2.75, 3.05) is 0 Å². The summed E-state index contributed by atoms with van der Waals surface area (Å²) in [6.07, 6.45) is 6.93. The molecule has 0 bridgehead atoms. The first-order chi connectivity index (χ1) is 56.9. The number of rotatable bonds is 6. The van der Waals surface area contributed by atoms with Gasteiger partial charge in [-0.3, -0.25) is 0 Å². The molecule has 0 saturated heterocycles. The Kier molecular flexibility index (Phi) is 40.2. The summed E-state index contributed by atoms with van der Waals surface area (Å²) >= 11 is 11.0. The monoisotopic (exact) mass is 1690 g/mol. The van der Waals surface area contributed by atoms with E-state index >= 15 is 0 Å². The van der Waals surface area contributed by atoms with Gasteiger partial charge in [-0.1, -0.05) is 162 Å². The number of hydrogen-bond donors (Lipinski definition) is 0. The first-order valence-electron chi connectivity index (χ1n) is 39.8. The van der Waals surface area contributed by atoms with E-state index in [0.29, 0.717) is 0 Å². The molecule has 6 aromatic carbocycles. The zero-order chi connectivity index (χ0) is 86.3. The minimum absolute atomic E-state index is 0.929. The van der Waals surface area contributed by atoms with Crippen LogP contribution in [0.2, 0.25) is 0 Å². The summed E-state index contributed by atoms with van der Waals surface area (Å²) in [7, 11) is 0. The van der Waals surface area contributed by atoms with E-state index in [1.165, 1.54) is 133 Å². The maximum Gasteiger partial charge on any atom is 0.134 e. The zero-order valence-corrected chi connectivity index (χ0v) is 78.6. The number of thiophene rings is 6. The van der Waals surface area contributed by atoms with Crippen LogP contribution in [0.3, 0.4) is 0 Å². The Balaban J connectivity index is 0.000000181. The maximum atomic E-state index is 5.55. The van der Waals surface area contributed by atoms with Crippen LogP contribution in [0.5, 0.6) is 0 Å². The van der Waals surface area contributed by atoms with E-state index in [4.69, 9.17) is 26.5 Å². The number of benzene rings is 6. The average molecular weight is 1690 g/mol. The summed E-state index contributed by atoms with van der Waals surface area (Å²) in [5, 5.41) is 6.49. The van der Waals surface area contributed by atoms with Crippen LogP contribution >= 0.6 is 68.0 Å². The normalized spacial score (nSPS) is 9.97. The third kappa shape index (κ3) is 35.3. The van der Waals surface area contributed by atoms with Gasteiger partial charge in [0, 0.05) is 60.6 Å². The van der Waals surface area contributed by atoms with Crippen molar-refractivity contribution in [3.63, 3.8) is 0 Å². The van der Waals surface area contributed by atoms with Crippen LogP contribution in [-0.4, -0.2) is 0 Å². The van der Waals surface area contributed by atoms with E-state index < -0.39 is 0 Å². The Hall–Kier alpha value is -10.8. The van der Waals surface area contributed by atoms with Gasteiger partial charge in [-0.15, -0.1) is 56.7 Å². The largest absolute Gasteiger partial charge is 0.472 e. The Labute approximate surface area is 733 Å². The van der Waals surface area contributed by atoms with Gasteiger partial charge in [-0.25, -0.2) is 0 Å². The Morgan fingerprint density at radius 2 is 0.664 bits per heavy atom. The van der Waals surface area contributed by atoms with Gasteiger partial charge in [0.1, 0.15) is 46.1 Å². The van der Waals surface area contributed by atoms with Crippen molar-refractivity contribution in [3.8, 4) is 65.3 Å². The van der Waals surface area contributed by atoms with Crippen molar-refractivity contribution in [2.24, 2.45) is 0 Å². The minimum atomic E-state index is 0.929. The topological polar surface area (TPSA) is 78.8 Å². The molecule has 0 spiro atoms. The highest BCUT2D eigenvalue weighted by Gasteiger charge is 2.07. The molecule has 18 aromatic rings. The fourth-order valence-corrected chi connectivity index (χ4v) is 16.2. The van der Waals surface area contributed by atoms with E-state index in [-0.39, 0.29) is 0 Å². The van der Waals surface area contributed by atoms with Gasteiger partial charge < -0.3 is 26.5 Å². The van der Waals surface area contributed by atoms with Crippen LogP contribution in [0.25, 0.3) is 65.3 Å². The molecule has 0 aliphatic heterocycles. The second-order valence-corrected chi connectivity index (χ2v) is 36.6. The summed E-state index contributed by atoms with van der Waals surface area (Å²) in [6, 6.07) is 88.0. The molecule has 0 N–H and O–H groups in total. The van der Waals surface area contributed by atoms with Crippen molar-refractivity contribution in [1.29, 1.82) is 0 Å². The van der Waals surface area contributed by atoms with Gasteiger partial charge in [-0.05, 0) is 352 Å². The Morgan fingerprint density at radius 1 is 0.218 bits per heavy atom. The summed E-state index contributed by atoms with van der Waals surface area (Å²) in [5.74, 6) is 7.69. The molecular formula is C107H118O6S6. The second-order valence-electron chi connectivity index (χ2n) is 29.4. The number of hydrogen-bond acceptors (Lipinski definition) is 12. The van der Waals surface area contributed by atoms with Crippen LogP contribution in [0.15, 0.2) is 322 Å². The highest BCUT2D eigenvalue weighted by Crippen LogP contribution is 2.32. The Morgan fingerprint density at radius 3 is 1.01 bits per heavy atom. The van der Waals surface area contributed by atoms with E-state index in [1.807, 2.05) is 180 Å². The molecule has 119 heavy (non-hydrogen) atoms. The SMILES string of the molecule is Cc1ccc(-c2ccc(C)o2)cc1.Cc1ccc(-c2ccc(C)s2)cc1.Cc1ccc(-c2ccccc2C)o1.Cc1ccc(-c2ccccc2C)s1.Cc1ccc(C)o1.Cc1ccc(C)s1.Cc1cccc(-c2ccc(C)s2)c1.Cc1cccc(-c2ccco2)c1.Cc1coc(C)c1.Cc1cocc1C.Cc1csc(C)c1.Cc1cscc1C. The van der Waals surface area contributed by atoms with E-state index in [1.54, 1.807) is 47.7 Å². The van der Waals surface area contributed by atoms with Crippen LogP contribution in [0.4, 0.5) is 0 Å². The molecule has 0 fully saturated rings. The van der Waals surface area contributed by atoms with Gasteiger partial charge in [0.05, 0.1) is 25.1 Å². The van der Waals surface area contributed by atoms with E-state index in [0.717, 1.165) is 57.2 Å². The van der Waals surface area contributed by atoms with Crippen molar-refractivity contribution in [2.45, 2.75) is 159 Å². The molecule has 618 valence electrons. The lowest BCUT2D eigenvalue weighted by Crippen LogP contribution is -1.78. The quantitative estimate of drug-likeness (QED) is 0.165. The van der Waals surface area contributed by atoms with Crippen LogP contribution in [-0.2, 0) is 0 Å². The van der Waals surface area contributed by atoms with Crippen LogP contribution in [0.1, 0.15) is 125 Å². The molecule has 0 amide bonds. The first kappa shape index (κ1) is 95.3. The van der Waals surface area contributed by atoms with Crippen LogP contribution in [0, 0.1) is 159 Å². The Bertz CT molecular complexity index is 5360. The summed E-state index contributed by atoms with van der Waals surface area (Å²) in [5.41, 5.74) is 23.1. The van der Waals surface area contributed by atoms with Gasteiger partial charge in [0.15, 0.2) is 0 Å². The number of aryl methyl sites for hydroxylation is 23. The summed E-state index contributed by atoms with van der Waals surface area (Å²) in [6.45, 7) is 47.6. The van der Waals surface area contributed by atoms with E-state index in [9.17, 15) is 0 Å². The second kappa shape index (κ2) is 50.2. The lowest BCUT2D eigenvalue weighted by molar-refractivity contribution is 0.504. The fraction of sp³-hybridized carbons (Fsp3) is 0.215. The van der Waals surface area contributed by atoms with E-state index in [2.05, 4.69) is 296 Å². The standard InChI is InChI=1S/2C12H12O.3C12H12S.C11H10O.3C6H8O.3C6H8S/c1-9-3-6-11(7-4-9)12-8-5-10(2)13-12;1-9-5-3-4-6-11(9)12-8-7-10(2)13-12;1-9-3-6-11(7-4-9)12-8-5-10(2)13-12;1-9-4-3-5-11(8-9)12-7-6-10(2)13-12;1-9-5-3-4-6-11(9)12-8-7-10(2)13-12;1-9-4-2-5-10(8-9)11-6-3-7-12-11;1-5-3-7-4-6(5)2;1-5-3-6(2)7-4-5;1-5-3-4-6(2)7-5;1-5-3-7-4-6(5)2;1-5-3-6(2)7-4-5;1-5-3-4-6(2)7-5/h5*3-8H,1-2H3;2-8H,1H3;6*3-4H,1-2H3. The third-order valence-corrected chi connectivity index (χ3v) is 24.0. The first-order valence-corrected chi connectivity index (χ1v) is 44.9. The highest BCUT2D eigenvalue weighted by molar-refractivity contribution is 7.16. The fourth-order valence-electron chi connectivity index (χ4n) is 11.2. The van der Waals surface area contributed by atoms with Gasteiger partial charge in [0.25, 0.3) is 0 Å². The molecule has 0 radical (unpaired) electrons. The smallest absolute Gasteiger partial charge is 0.134 e.